The molecule has 0 spiro atoms. The Bertz CT molecular complexity index is 678. The molecule has 1 amide bonds. The van der Waals surface area contributed by atoms with Crippen molar-refractivity contribution in [1.82, 2.24) is 5.32 Å². The normalized spacial score (nSPS) is 9.62. The average molecular weight is 278 g/mol. The number of aryl methyl sites for hydroxylation is 1. The Morgan fingerprint density at radius 1 is 1.19 bits per heavy atom. The van der Waals surface area contributed by atoms with E-state index in [1.807, 2.05) is 55.5 Å². The average Bonchev–Trinajstić information content (AvgIpc) is 2.51. The van der Waals surface area contributed by atoms with Crippen LogP contribution >= 0.6 is 0 Å². The smallest absolute Gasteiger partial charge is 0.251 e. The van der Waals surface area contributed by atoms with Gasteiger partial charge in [-0.15, -0.1) is 0 Å². The first-order valence-electron chi connectivity index (χ1n) is 6.82. The van der Waals surface area contributed by atoms with Gasteiger partial charge in [0.15, 0.2) is 0 Å². The zero-order valence-corrected chi connectivity index (χ0v) is 12.0. The Kier molecular flexibility index (Phi) is 5.14. The number of nitrogens with one attached hydrogen (secondary N) is 1. The van der Waals surface area contributed by atoms with E-state index in [-0.39, 0.29) is 5.91 Å². The lowest BCUT2D eigenvalue weighted by atomic mass is 10.1. The van der Waals surface area contributed by atoms with Crippen molar-refractivity contribution >= 4 is 5.91 Å². The Hall–Kier alpha value is -2.57. The molecule has 0 heterocycles. The van der Waals surface area contributed by atoms with Gasteiger partial charge in [-0.3, -0.25) is 4.79 Å². The van der Waals surface area contributed by atoms with Crippen molar-refractivity contribution in [3.8, 4) is 11.8 Å². The Balaban J connectivity index is 1.95. The van der Waals surface area contributed by atoms with Crippen LogP contribution in [0.15, 0.2) is 48.5 Å². The molecule has 0 aliphatic carbocycles. The van der Waals surface area contributed by atoms with Crippen LogP contribution in [0, 0.1) is 18.8 Å². The summed E-state index contributed by atoms with van der Waals surface area (Å²) in [6.07, 6.45) is 0. The molecule has 0 saturated carbocycles. The van der Waals surface area contributed by atoms with Gasteiger partial charge in [0.2, 0.25) is 0 Å². The predicted molar refractivity (Wildman–Crippen MR) is 84.7 cm³/mol. The summed E-state index contributed by atoms with van der Waals surface area (Å²) in [5, 5.41) is 2.91. The van der Waals surface area contributed by atoms with Crippen molar-refractivity contribution in [2.24, 2.45) is 5.73 Å². The largest absolute Gasteiger partial charge is 0.348 e. The van der Waals surface area contributed by atoms with E-state index in [0.29, 0.717) is 18.7 Å². The highest BCUT2D eigenvalue weighted by Crippen LogP contribution is 2.06. The number of rotatable bonds is 3. The highest BCUT2D eigenvalue weighted by Gasteiger charge is 2.04. The van der Waals surface area contributed by atoms with Crippen LogP contribution in [-0.2, 0) is 6.54 Å². The fourth-order valence-corrected chi connectivity index (χ4v) is 1.93. The van der Waals surface area contributed by atoms with Crippen molar-refractivity contribution in [2.45, 2.75) is 13.5 Å². The lowest BCUT2D eigenvalue weighted by Gasteiger charge is -2.06. The molecule has 3 N–H and O–H groups in total. The fourth-order valence-electron chi connectivity index (χ4n) is 1.93. The summed E-state index contributed by atoms with van der Waals surface area (Å²) in [4.78, 5) is 12.0. The van der Waals surface area contributed by atoms with Crippen molar-refractivity contribution in [1.29, 1.82) is 0 Å². The molecule has 0 aromatic heterocycles. The van der Waals surface area contributed by atoms with Crippen LogP contribution in [0.25, 0.3) is 0 Å². The molecule has 0 unspecified atom stereocenters. The minimum absolute atomic E-state index is 0.0642. The number of amides is 1. The number of carbonyl (C=O) groups excluding carboxylic acids is 1. The van der Waals surface area contributed by atoms with E-state index in [1.54, 1.807) is 0 Å². The minimum Gasteiger partial charge on any atom is -0.348 e. The zero-order chi connectivity index (χ0) is 15.1. The van der Waals surface area contributed by atoms with E-state index >= 15 is 0 Å². The first-order valence-corrected chi connectivity index (χ1v) is 6.82. The monoisotopic (exact) mass is 278 g/mol. The highest BCUT2D eigenvalue weighted by atomic mass is 16.1. The summed E-state index contributed by atoms with van der Waals surface area (Å²) in [7, 11) is 0. The quantitative estimate of drug-likeness (QED) is 0.846. The number of hydrogen-bond donors (Lipinski definition) is 2. The second-order valence-corrected chi connectivity index (χ2v) is 4.75. The predicted octanol–water partition coefficient (Wildman–Crippen LogP) is 2.24. The standard InChI is InChI=1S/C18H18N2O/c1-14-4-2-6-17(12-14)18(21)20-13-16-9-7-15(8-10-16)5-3-11-19/h2,4,6-10,12H,11,13,19H2,1H3,(H,20,21). The Morgan fingerprint density at radius 3 is 2.62 bits per heavy atom. The van der Waals surface area contributed by atoms with Gasteiger partial charge in [0.05, 0.1) is 6.54 Å². The lowest BCUT2D eigenvalue weighted by Crippen LogP contribution is -2.22. The fraction of sp³-hybridized carbons (Fsp3) is 0.167. The molecule has 3 nitrogen and oxygen atoms in total. The van der Waals surface area contributed by atoms with Crippen LogP contribution < -0.4 is 11.1 Å². The van der Waals surface area contributed by atoms with Gasteiger partial charge in [-0.2, -0.15) is 0 Å². The Labute approximate surface area is 125 Å². The van der Waals surface area contributed by atoms with E-state index in [4.69, 9.17) is 5.73 Å². The van der Waals surface area contributed by atoms with Gasteiger partial charge in [-0.05, 0) is 36.8 Å². The maximum absolute atomic E-state index is 12.0. The van der Waals surface area contributed by atoms with Gasteiger partial charge >= 0.3 is 0 Å². The molecular formula is C18H18N2O. The zero-order valence-electron chi connectivity index (χ0n) is 12.0. The molecule has 2 rings (SSSR count). The van der Waals surface area contributed by atoms with Crippen LogP contribution in [0.4, 0.5) is 0 Å². The Morgan fingerprint density at radius 2 is 1.95 bits per heavy atom. The van der Waals surface area contributed by atoms with Gasteiger partial charge in [0.1, 0.15) is 0 Å². The third kappa shape index (κ3) is 4.48. The van der Waals surface area contributed by atoms with Gasteiger partial charge in [0.25, 0.3) is 5.91 Å². The third-order valence-corrected chi connectivity index (χ3v) is 3.02. The van der Waals surface area contributed by atoms with Crippen LogP contribution in [0.1, 0.15) is 27.0 Å². The summed E-state index contributed by atoms with van der Waals surface area (Å²) in [5.74, 6) is 5.71. The van der Waals surface area contributed by atoms with Crippen molar-refractivity contribution < 1.29 is 4.79 Å². The van der Waals surface area contributed by atoms with Crippen molar-refractivity contribution in [3.63, 3.8) is 0 Å². The van der Waals surface area contributed by atoms with Crippen LogP contribution in [0.3, 0.4) is 0 Å². The van der Waals surface area contributed by atoms with Gasteiger partial charge in [-0.1, -0.05) is 41.7 Å². The van der Waals surface area contributed by atoms with E-state index in [9.17, 15) is 4.79 Å². The van der Waals surface area contributed by atoms with E-state index < -0.39 is 0 Å². The van der Waals surface area contributed by atoms with Gasteiger partial charge in [-0.25, -0.2) is 0 Å². The summed E-state index contributed by atoms with van der Waals surface area (Å²) in [5.41, 5.74) is 9.05. The molecule has 106 valence electrons. The van der Waals surface area contributed by atoms with Crippen LogP contribution in [0.2, 0.25) is 0 Å². The molecule has 0 atom stereocenters. The van der Waals surface area contributed by atoms with Crippen LogP contribution in [-0.4, -0.2) is 12.5 Å². The second kappa shape index (κ2) is 7.28. The SMILES string of the molecule is Cc1cccc(C(=O)NCc2ccc(C#CCN)cc2)c1. The minimum atomic E-state index is -0.0642. The summed E-state index contributed by atoms with van der Waals surface area (Å²) in [6, 6.07) is 15.3. The van der Waals surface area contributed by atoms with Crippen molar-refractivity contribution in [2.75, 3.05) is 6.54 Å². The molecule has 0 aliphatic heterocycles. The van der Waals surface area contributed by atoms with Crippen LogP contribution in [0.5, 0.6) is 0 Å². The molecule has 21 heavy (non-hydrogen) atoms. The maximum Gasteiger partial charge on any atom is 0.251 e. The van der Waals surface area contributed by atoms with E-state index in [0.717, 1.165) is 16.7 Å². The van der Waals surface area contributed by atoms with E-state index in [1.165, 1.54) is 0 Å². The molecule has 0 saturated heterocycles. The molecule has 3 heteroatoms. The van der Waals surface area contributed by atoms with Gasteiger partial charge in [0, 0.05) is 17.7 Å². The van der Waals surface area contributed by atoms with Crippen molar-refractivity contribution in [3.05, 3.63) is 70.8 Å². The molecular weight excluding hydrogens is 260 g/mol. The lowest BCUT2D eigenvalue weighted by molar-refractivity contribution is 0.0951. The molecule has 2 aromatic carbocycles. The maximum atomic E-state index is 12.0. The number of hydrogen-bond acceptors (Lipinski definition) is 2. The highest BCUT2D eigenvalue weighted by molar-refractivity contribution is 5.94. The number of nitrogens with two attached hydrogens (primary N) is 1. The summed E-state index contributed by atoms with van der Waals surface area (Å²) >= 11 is 0. The first kappa shape index (κ1) is 14.8. The van der Waals surface area contributed by atoms with E-state index in [2.05, 4.69) is 17.2 Å². The second-order valence-electron chi connectivity index (χ2n) is 4.75. The molecule has 0 radical (unpaired) electrons. The third-order valence-electron chi connectivity index (χ3n) is 3.02. The molecule has 0 bridgehead atoms. The number of benzene rings is 2. The number of carbonyl (C=O) groups is 1. The molecule has 0 aliphatic rings. The first-order chi connectivity index (χ1) is 10.2. The summed E-state index contributed by atoms with van der Waals surface area (Å²) in [6.45, 7) is 2.82. The van der Waals surface area contributed by atoms with Gasteiger partial charge < -0.3 is 11.1 Å². The molecule has 2 aromatic rings. The molecule has 0 fully saturated rings. The topological polar surface area (TPSA) is 55.1 Å². The summed E-state index contributed by atoms with van der Waals surface area (Å²) < 4.78 is 0.